The van der Waals surface area contributed by atoms with Crippen LogP contribution in [0.1, 0.15) is 32.7 Å². The number of rotatable bonds is 4. The van der Waals surface area contributed by atoms with E-state index in [1.165, 1.54) is 5.56 Å². The van der Waals surface area contributed by atoms with E-state index < -0.39 is 0 Å². The summed E-state index contributed by atoms with van der Waals surface area (Å²) in [7, 11) is 0. The average molecular weight is 346 g/mol. The van der Waals surface area contributed by atoms with E-state index in [1.54, 1.807) is 12.3 Å². The highest BCUT2D eigenvalue weighted by Crippen LogP contribution is 2.21. The molecular formula is C21H22N4O. The summed E-state index contributed by atoms with van der Waals surface area (Å²) < 4.78 is 0. The zero-order valence-corrected chi connectivity index (χ0v) is 15.4. The van der Waals surface area contributed by atoms with Crippen molar-refractivity contribution in [3.63, 3.8) is 0 Å². The average Bonchev–Trinajstić information content (AvgIpc) is 2.58. The second-order valence-corrected chi connectivity index (χ2v) is 6.47. The Balaban J connectivity index is 1.80. The summed E-state index contributed by atoms with van der Waals surface area (Å²) in [6.45, 7) is 8.09. The molecule has 0 radical (unpaired) electrons. The predicted octanol–water partition coefficient (Wildman–Crippen LogP) is 4.71. The molecule has 0 spiro atoms. The van der Waals surface area contributed by atoms with Crippen molar-refractivity contribution in [3.05, 3.63) is 76.6 Å². The molecule has 0 aliphatic heterocycles. The van der Waals surface area contributed by atoms with E-state index in [-0.39, 0.29) is 5.91 Å². The monoisotopic (exact) mass is 346 g/mol. The fourth-order valence-electron chi connectivity index (χ4n) is 2.79. The van der Waals surface area contributed by atoms with Crippen molar-refractivity contribution >= 4 is 23.2 Å². The Labute approximate surface area is 153 Å². The standard InChI is InChI=1S/C21H22N4O/c1-13-10-14(2)12-17(11-13)23-20(26)19-8-9-22-21(25-19)24-18-7-5-6-15(3)16(18)4/h5-12H,1-4H3,(H,23,26)(H,22,24,25). The molecule has 1 heterocycles. The Hall–Kier alpha value is -3.21. The van der Waals surface area contributed by atoms with Crippen molar-refractivity contribution in [3.8, 4) is 0 Å². The smallest absolute Gasteiger partial charge is 0.274 e. The van der Waals surface area contributed by atoms with Gasteiger partial charge in [-0.15, -0.1) is 0 Å². The summed E-state index contributed by atoms with van der Waals surface area (Å²) in [6.07, 6.45) is 1.58. The number of nitrogens with zero attached hydrogens (tertiary/aromatic N) is 2. The van der Waals surface area contributed by atoms with Gasteiger partial charge in [0.05, 0.1) is 0 Å². The van der Waals surface area contributed by atoms with Crippen molar-refractivity contribution < 1.29 is 4.79 Å². The van der Waals surface area contributed by atoms with Crippen LogP contribution in [0.2, 0.25) is 0 Å². The quantitative estimate of drug-likeness (QED) is 0.718. The summed E-state index contributed by atoms with van der Waals surface area (Å²) in [5.74, 6) is 0.133. The number of benzene rings is 2. The molecule has 0 aliphatic rings. The largest absolute Gasteiger partial charge is 0.324 e. The topological polar surface area (TPSA) is 66.9 Å². The lowest BCUT2D eigenvalue weighted by Crippen LogP contribution is -2.15. The first-order valence-corrected chi connectivity index (χ1v) is 8.48. The third-order valence-corrected chi connectivity index (χ3v) is 4.22. The normalized spacial score (nSPS) is 10.5. The molecule has 0 saturated heterocycles. The van der Waals surface area contributed by atoms with Crippen molar-refractivity contribution in [1.82, 2.24) is 9.97 Å². The summed E-state index contributed by atoms with van der Waals surface area (Å²) >= 11 is 0. The highest BCUT2D eigenvalue weighted by molar-refractivity contribution is 6.03. The van der Waals surface area contributed by atoms with E-state index in [0.29, 0.717) is 11.6 Å². The molecule has 3 rings (SSSR count). The van der Waals surface area contributed by atoms with E-state index in [2.05, 4.69) is 39.7 Å². The molecule has 0 saturated carbocycles. The van der Waals surface area contributed by atoms with Crippen LogP contribution in [0.3, 0.4) is 0 Å². The number of hydrogen-bond donors (Lipinski definition) is 2. The van der Waals surface area contributed by atoms with Gasteiger partial charge in [0, 0.05) is 17.6 Å². The first-order chi connectivity index (χ1) is 12.4. The van der Waals surface area contributed by atoms with Gasteiger partial charge in [-0.3, -0.25) is 4.79 Å². The fraction of sp³-hybridized carbons (Fsp3) is 0.190. The van der Waals surface area contributed by atoms with Crippen LogP contribution in [-0.2, 0) is 0 Å². The van der Waals surface area contributed by atoms with Crippen LogP contribution >= 0.6 is 0 Å². The molecule has 2 aromatic carbocycles. The molecular weight excluding hydrogens is 324 g/mol. The van der Waals surface area contributed by atoms with E-state index in [0.717, 1.165) is 28.1 Å². The Morgan fingerprint density at radius 2 is 1.69 bits per heavy atom. The number of amides is 1. The third kappa shape index (κ3) is 4.06. The van der Waals surface area contributed by atoms with Gasteiger partial charge in [-0.2, -0.15) is 0 Å². The second kappa shape index (κ2) is 7.35. The van der Waals surface area contributed by atoms with Crippen LogP contribution in [0.25, 0.3) is 0 Å². The minimum Gasteiger partial charge on any atom is -0.324 e. The minimum absolute atomic E-state index is 0.263. The van der Waals surface area contributed by atoms with Crippen molar-refractivity contribution in [1.29, 1.82) is 0 Å². The van der Waals surface area contributed by atoms with Crippen molar-refractivity contribution in [2.75, 3.05) is 10.6 Å². The van der Waals surface area contributed by atoms with Crippen molar-refractivity contribution in [2.24, 2.45) is 0 Å². The number of aryl methyl sites for hydroxylation is 3. The molecule has 1 aromatic heterocycles. The zero-order chi connectivity index (χ0) is 18.7. The molecule has 3 aromatic rings. The van der Waals surface area contributed by atoms with E-state index in [4.69, 9.17) is 0 Å². The lowest BCUT2D eigenvalue weighted by molar-refractivity contribution is 0.102. The maximum atomic E-state index is 12.5. The number of nitrogens with one attached hydrogen (secondary N) is 2. The minimum atomic E-state index is -0.263. The molecule has 5 heteroatoms. The van der Waals surface area contributed by atoms with Crippen LogP contribution < -0.4 is 10.6 Å². The molecule has 26 heavy (non-hydrogen) atoms. The van der Waals surface area contributed by atoms with Gasteiger partial charge in [0.25, 0.3) is 5.91 Å². The Morgan fingerprint density at radius 3 is 2.42 bits per heavy atom. The van der Waals surface area contributed by atoms with Crippen LogP contribution in [0.15, 0.2) is 48.7 Å². The molecule has 2 N–H and O–H groups in total. The molecule has 0 aliphatic carbocycles. The third-order valence-electron chi connectivity index (χ3n) is 4.22. The summed E-state index contributed by atoms with van der Waals surface area (Å²) in [5.41, 5.74) is 6.50. The lowest BCUT2D eigenvalue weighted by atomic mass is 10.1. The van der Waals surface area contributed by atoms with Crippen molar-refractivity contribution in [2.45, 2.75) is 27.7 Å². The summed E-state index contributed by atoms with van der Waals surface area (Å²) in [6, 6.07) is 13.5. The number of carbonyl (C=O) groups is 1. The summed E-state index contributed by atoms with van der Waals surface area (Å²) in [5, 5.41) is 6.08. The molecule has 1 amide bonds. The van der Waals surface area contributed by atoms with E-state index >= 15 is 0 Å². The molecule has 0 unspecified atom stereocenters. The van der Waals surface area contributed by atoms with Crippen LogP contribution in [0.4, 0.5) is 17.3 Å². The van der Waals surface area contributed by atoms with Gasteiger partial charge in [0.15, 0.2) is 0 Å². The maximum Gasteiger partial charge on any atom is 0.274 e. The summed E-state index contributed by atoms with van der Waals surface area (Å²) in [4.78, 5) is 21.1. The first-order valence-electron chi connectivity index (χ1n) is 8.48. The van der Waals surface area contributed by atoms with E-state index in [9.17, 15) is 4.79 Å². The zero-order valence-electron chi connectivity index (χ0n) is 15.4. The Kier molecular flexibility index (Phi) is 4.98. The van der Waals surface area contributed by atoms with E-state index in [1.807, 2.05) is 45.0 Å². The molecule has 5 nitrogen and oxygen atoms in total. The van der Waals surface area contributed by atoms with Gasteiger partial charge in [0.2, 0.25) is 5.95 Å². The van der Waals surface area contributed by atoms with Gasteiger partial charge in [0.1, 0.15) is 5.69 Å². The number of aromatic nitrogens is 2. The highest BCUT2D eigenvalue weighted by atomic mass is 16.1. The molecule has 0 fully saturated rings. The first kappa shape index (κ1) is 17.6. The second-order valence-electron chi connectivity index (χ2n) is 6.47. The van der Waals surface area contributed by atoms with Gasteiger partial charge in [-0.05, 0) is 74.2 Å². The van der Waals surface area contributed by atoms with Crippen LogP contribution in [-0.4, -0.2) is 15.9 Å². The van der Waals surface area contributed by atoms with Gasteiger partial charge in [-0.1, -0.05) is 18.2 Å². The van der Waals surface area contributed by atoms with Gasteiger partial charge >= 0.3 is 0 Å². The Bertz CT molecular complexity index is 946. The molecule has 132 valence electrons. The predicted molar refractivity (Wildman–Crippen MR) is 105 cm³/mol. The Morgan fingerprint density at radius 1 is 0.962 bits per heavy atom. The van der Waals surface area contributed by atoms with Crippen LogP contribution in [0.5, 0.6) is 0 Å². The van der Waals surface area contributed by atoms with Crippen LogP contribution in [0, 0.1) is 27.7 Å². The fourth-order valence-corrected chi connectivity index (χ4v) is 2.79. The number of hydrogen-bond acceptors (Lipinski definition) is 4. The van der Waals surface area contributed by atoms with Gasteiger partial charge in [-0.25, -0.2) is 9.97 Å². The number of carbonyl (C=O) groups excluding carboxylic acids is 1. The lowest BCUT2D eigenvalue weighted by Gasteiger charge is -2.11. The molecule has 0 bridgehead atoms. The maximum absolute atomic E-state index is 12.5. The number of anilines is 3. The van der Waals surface area contributed by atoms with Gasteiger partial charge < -0.3 is 10.6 Å². The highest BCUT2D eigenvalue weighted by Gasteiger charge is 2.11. The SMILES string of the molecule is Cc1cc(C)cc(NC(=O)c2ccnc(Nc3cccc(C)c3C)n2)c1. The molecule has 0 atom stereocenters.